The van der Waals surface area contributed by atoms with Gasteiger partial charge in [0, 0.05) is 12.8 Å². The Balaban J connectivity index is 2.06. The summed E-state index contributed by atoms with van der Waals surface area (Å²) in [6.45, 7) is -0.0294. The van der Waals surface area contributed by atoms with Crippen molar-refractivity contribution in [2.24, 2.45) is 10.9 Å². The Labute approximate surface area is 159 Å². The predicted molar refractivity (Wildman–Crippen MR) is 97.6 cm³/mol. The molecule has 26 heavy (non-hydrogen) atoms. The topological polar surface area (TPSA) is 122 Å². The number of oxime groups is 1. The molecule has 140 valence electrons. The summed E-state index contributed by atoms with van der Waals surface area (Å²) in [5.41, 5.74) is 6.88. The zero-order valence-electron chi connectivity index (χ0n) is 14.0. The van der Waals surface area contributed by atoms with Crippen LogP contribution in [0.5, 0.6) is 0 Å². The average molecular weight is 426 g/mol. The summed E-state index contributed by atoms with van der Waals surface area (Å²) < 4.78 is 0.585. The smallest absolute Gasteiger partial charge is 0.303 e. The molecule has 0 aromatic heterocycles. The van der Waals surface area contributed by atoms with Gasteiger partial charge in [-0.15, -0.1) is 0 Å². The van der Waals surface area contributed by atoms with Crippen molar-refractivity contribution in [3.05, 3.63) is 35.9 Å². The molecule has 1 unspecified atom stereocenters. The molecule has 0 saturated carbocycles. The fourth-order valence-corrected chi connectivity index (χ4v) is 2.96. The molecule has 0 spiro atoms. The molecule has 0 aliphatic carbocycles. The van der Waals surface area contributed by atoms with E-state index in [0.29, 0.717) is 11.0 Å². The van der Waals surface area contributed by atoms with Gasteiger partial charge in [-0.05, 0) is 27.9 Å². The molecule has 2 amide bonds. The van der Waals surface area contributed by atoms with Gasteiger partial charge in [0.1, 0.15) is 4.62 Å². The van der Waals surface area contributed by atoms with E-state index in [0.717, 1.165) is 10.5 Å². The maximum Gasteiger partial charge on any atom is 0.303 e. The van der Waals surface area contributed by atoms with E-state index in [1.807, 2.05) is 30.3 Å². The molecule has 0 fully saturated rings. The van der Waals surface area contributed by atoms with Crippen LogP contribution in [0.4, 0.5) is 0 Å². The van der Waals surface area contributed by atoms with Gasteiger partial charge >= 0.3 is 5.97 Å². The molecule has 2 atom stereocenters. The Morgan fingerprint density at radius 1 is 1.31 bits per heavy atom. The van der Waals surface area contributed by atoms with Crippen molar-refractivity contribution in [1.29, 1.82) is 0 Å². The number of carboxylic acid groups (broad SMARTS) is 1. The SMILES string of the molecule is N[C@@H](Cc1ccccc1)C(=O)N(CC1CC(Br)=NO1)C(=O)CCC(=O)O. The number of hydrogen-bond acceptors (Lipinski definition) is 6. The van der Waals surface area contributed by atoms with E-state index >= 15 is 0 Å². The van der Waals surface area contributed by atoms with Gasteiger partial charge in [-0.1, -0.05) is 35.5 Å². The first-order chi connectivity index (χ1) is 12.4. The number of halogens is 1. The largest absolute Gasteiger partial charge is 0.481 e. The van der Waals surface area contributed by atoms with E-state index in [1.54, 1.807) is 0 Å². The van der Waals surface area contributed by atoms with Crippen LogP contribution >= 0.6 is 15.9 Å². The van der Waals surface area contributed by atoms with Crippen LogP contribution in [0.2, 0.25) is 0 Å². The zero-order valence-corrected chi connectivity index (χ0v) is 15.6. The number of imide groups is 1. The number of nitrogens with two attached hydrogens (primary N) is 1. The number of carbonyl (C=O) groups excluding carboxylic acids is 2. The van der Waals surface area contributed by atoms with Gasteiger partial charge in [0.15, 0.2) is 6.10 Å². The van der Waals surface area contributed by atoms with Crippen molar-refractivity contribution in [3.8, 4) is 0 Å². The van der Waals surface area contributed by atoms with E-state index in [9.17, 15) is 14.4 Å². The van der Waals surface area contributed by atoms with Gasteiger partial charge in [0.25, 0.3) is 0 Å². The number of hydrogen-bond donors (Lipinski definition) is 2. The fraction of sp³-hybridized carbons (Fsp3) is 0.412. The number of aliphatic carboxylic acids is 1. The normalized spacial score (nSPS) is 17.2. The summed E-state index contributed by atoms with van der Waals surface area (Å²) >= 11 is 3.20. The standard InChI is InChI=1S/C17H20BrN3O5/c18-14-9-12(26-20-14)10-21(15(22)6-7-16(23)24)17(25)13(19)8-11-4-2-1-3-5-11/h1-5,12-13H,6-10,19H2,(H,23,24)/t12?,13-/m0/s1. The molecule has 1 aliphatic rings. The van der Waals surface area contributed by atoms with Crippen molar-refractivity contribution in [2.75, 3.05) is 6.54 Å². The molecule has 8 nitrogen and oxygen atoms in total. The van der Waals surface area contributed by atoms with Crippen LogP contribution in [-0.2, 0) is 25.6 Å². The van der Waals surface area contributed by atoms with Crippen LogP contribution in [0.15, 0.2) is 35.5 Å². The Hall–Kier alpha value is -2.26. The third-order valence-electron chi connectivity index (χ3n) is 3.82. The third kappa shape index (κ3) is 5.92. The Morgan fingerprint density at radius 2 is 2.00 bits per heavy atom. The summed E-state index contributed by atoms with van der Waals surface area (Å²) in [5, 5.41) is 12.5. The van der Waals surface area contributed by atoms with Gasteiger partial charge in [-0.3, -0.25) is 19.3 Å². The lowest BCUT2D eigenvalue weighted by Crippen LogP contribution is -2.50. The number of carbonyl (C=O) groups is 3. The van der Waals surface area contributed by atoms with Gasteiger partial charge in [-0.25, -0.2) is 0 Å². The molecule has 2 rings (SSSR count). The lowest BCUT2D eigenvalue weighted by Gasteiger charge is -2.25. The number of carboxylic acids is 1. The Kier molecular flexibility index (Phi) is 7.28. The van der Waals surface area contributed by atoms with Gasteiger partial charge in [-0.2, -0.15) is 0 Å². The van der Waals surface area contributed by atoms with Crippen LogP contribution in [0.25, 0.3) is 0 Å². The van der Waals surface area contributed by atoms with Crippen molar-refractivity contribution in [1.82, 2.24) is 4.90 Å². The molecular formula is C17H20BrN3O5. The summed E-state index contributed by atoms with van der Waals surface area (Å²) in [5.74, 6) is -2.26. The number of nitrogens with zero attached hydrogens (tertiary/aromatic N) is 2. The fourth-order valence-electron chi connectivity index (χ4n) is 2.51. The molecule has 1 aromatic carbocycles. The first-order valence-electron chi connectivity index (χ1n) is 8.10. The molecule has 1 aromatic rings. The van der Waals surface area contributed by atoms with Crippen LogP contribution < -0.4 is 5.73 Å². The van der Waals surface area contributed by atoms with Crippen molar-refractivity contribution >= 4 is 38.3 Å². The van der Waals surface area contributed by atoms with E-state index in [2.05, 4.69) is 21.1 Å². The molecule has 1 aliphatic heterocycles. The molecule has 1 heterocycles. The van der Waals surface area contributed by atoms with Crippen LogP contribution in [0.3, 0.4) is 0 Å². The number of amides is 2. The second-order valence-electron chi connectivity index (χ2n) is 5.93. The van der Waals surface area contributed by atoms with Gasteiger partial charge in [0.2, 0.25) is 11.8 Å². The summed E-state index contributed by atoms with van der Waals surface area (Å²) in [4.78, 5) is 42.0. The minimum atomic E-state index is -1.11. The quantitative estimate of drug-likeness (QED) is 0.646. The monoisotopic (exact) mass is 425 g/mol. The maximum atomic E-state index is 12.7. The van der Waals surface area contributed by atoms with Gasteiger partial charge < -0.3 is 15.7 Å². The highest BCUT2D eigenvalue weighted by atomic mass is 79.9. The highest BCUT2D eigenvalue weighted by Crippen LogP contribution is 2.17. The van der Waals surface area contributed by atoms with E-state index < -0.39 is 29.9 Å². The molecule has 0 saturated heterocycles. The first kappa shape index (κ1) is 20.1. The van der Waals surface area contributed by atoms with E-state index in [4.69, 9.17) is 15.7 Å². The highest BCUT2D eigenvalue weighted by molar-refractivity contribution is 9.18. The minimum absolute atomic E-state index is 0.0294. The minimum Gasteiger partial charge on any atom is -0.481 e. The highest BCUT2D eigenvalue weighted by Gasteiger charge is 2.31. The van der Waals surface area contributed by atoms with Crippen LogP contribution in [0.1, 0.15) is 24.8 Å². The van der Waals surface area contributed by atoms with Crippen molar-refractivity contribution < 1.29 is 24.3 Å². The third-order valence-corrected chi connectivity index (χ3v) is 4.29. The van der Waals surface area contributed by atoms with Crippen molar-refractivity contribution in [2.45, 2.75) is 37.8 Å². The summed E-state index contributed by atoms with van der Waals surface area (Å²) in [6, 6.07) is 8.29. The molecular weight excluding hydrogens is 406 g/mol. The molecule has 0 bridgehead atoms. The lowest BCUT2D eigenvalue weighted by molar-refractivity contribution is -0.150. The Bertz CT molecular complexity index is 695. The lowest BCUT2D eigenvalue weighted by atomic mass is 10.0. The Morgan fingerprint density at radius 3 is 2.58 bits per heavy atom. The van der Waals surface area contributed by atoms with Crippen molar-refractivity contribution in [3.63, 3.8) is 0 Å². The maximum absolute atomic E-state index is 12.7. The molecule has 3 N–H and O–H groups in total. The second kappa shape index (κ2) is 9.44. The molecule has 0 radical (unpaired) electrons. The molecule has 9 heteroatoms. The zero-order chi connectivity index (χ0) is 19.1. The van der Waals surface area contributed by atoms with E-state index in [1.165, 1.54) is 0 Å². The second-order valence-corrected chi connectivity index (χ2v) is 6.85. The van der Waals surface area contributed by atoms with Crippen LogP contribution in [-0.4, -0.2) is 51.1 Å². The van der Waals surface area contributed by atoms with Crippen LogP contribution in [0, 0.1) is 0 Å². The first-order valence-corrected chi connectivity index (χ1v) is 8.89. The number of rotatable bonds is 8. The van der Waals surface area contributed by atoms with Gasteiger partial charge in [0.05, 0.1) is 19.0 Å². The summed E-state index contributed by atoms with van der Waals surface area (Å²) in [7, 11) is 0. The predicted octanol–water partition coefficient (Wildman–Crippen LogP) is 1.27. The summed E-state index contributed by atoms with van der Waals surface area (Å²) in [6.07, 6.45) is -0.431. The van der Waals surface area contributed by atoms with E-state index in [-0.39, 0.29) is 25.8 Å². The number of benzene rings is 1. The average Bonchev–Trinajstić information content (AvgIpc) is 3.03.